The molecule has 7 nitrogen and oxygen atoms in total. The third-order valence-electron chi connectivity index (χ3n) is 3.54. The first-order valence-electron chi connectivity index (χ1n) is 7.79. The van der Waals surface area contributed by atoms with Gasteiger partial charge < -0.3 is 15.5 Å². The first-order valence-corrected chi connectivity index (χ1v) is 9.68. The molecule has 0 fully saturated rings. The predicted molar refractivity (Wildman–Crippen MR) is 109 cm³/mol. The molecule has 27 heavy (non-hydrogen) atoms. The Morgan fingerprint density at radius 2 is 2.22 bits per heavy atom. The molecule has 0 unspecified atom stereocenters. The maximum Gasteiger partial charge on any atom is 0.287 e. The molecule has 0 saturated carbocycles. The molecule has 0 aliphatic heterocycles. The van der Waals surface area contributed by atoms with Crippen LogP contribution in [0.15, 0.2) is 36.7 Å². The molecule has 142 valence electrons. The van der Waals surface area contributed by atoms with Crippen LogP contribution in [0.3, 0.4) is 0 Å². The molecule has 1 atom stereocenters. The summed E-state index contributed by atoms with van der Waals surface area (Å²) in [7, 11) is 0. The zero-order valence-corrected chi connectivity index (χ0v) is 16.8. The van der Waals surface area contributed by atoms with Gasteiger partial charge in [0.25, 0.3) is 5.91 Å². The lowest BCUT2D eigenvalue weighted by Gasteiger charge is -2.11. The number of aromatic nitrogens is 1. The number of rotatable bonds is 7. The van der Waals surface area contributed by atoms with Crippen molar-refractivity contribution in [2.24, 2.45) is 0 Å². The fourth-order valence-electron chi connectivity index (χ4n) is 2.26. The van der Waals surface area contributed by atoms with E-state index in [1.807, 2.05) is 22.6 Å². The molecule has 3 rings (SSSR count). The van der Waals surface area contributed by atoms with Crippen molar-refractivity contribution in [3.8, 4) is 0 Å². The number of amides is 1. The topological polar surface area (TPSA) is 104 Å². The number of carbonyl (C=O) groups excluding carboxylic acids is 1. The molecule has 0 saturated heterocycles. The summed E-state index contributed by atoms with van der Waals surface area (Å²) >= 11 is 3.19. The zero-order chi connectivity index (χ0) is 19.4. The first-order chi connectivity index (χ1) is 13.0. The summed E-state index contributed by atoms with van der Waals surface area (Å²) in [4.78, 5) is 21.7. The number of nitrogens with zero attached hydrogens (tertiary/aromatic N) is 1. The minimum Gasteiger partial charge on any atom is -0.394 e. The number of aliphatic hydroxyl groups is 2. The predicted octanol–water partition coefficient (Wildman–Crippen LogP) is 2.80. The number of hydrogen-bond acceptors (Lipinski definition) is 7. The van der Waals surface area contributed by atoms with Gasteiger partial charge in [-0.25, -0.2) is 9.87 Å². The fourth-order valence-corrected chi connectivity index (χ4v) is 3.73. The largest absolute Gasteiger partial charge is 0.394 e. The second-order valence-corrected chi connectivity index (χ2v) is 7.80. The summed E-state index contributed by atoms with van der Waals surface area (Å²) < 4.78 is 15.7. The van der Waals surface area contributed by atoms with Crippen molar-refractivity contribution >= 4 is 61.3 Å². The van der Waals surface area contributed by atoms with Crippen molar-refractivity contribution in [3.05, 3.63) is 50.9 Å². The Morgan fingerprint density at radius 3 is 2.96 bits per heavy atom. The highest BCUT2D eigenvalue weighted by atomic mass is 127. The normalized spacial score (nSPS) is 12.1. The lowest BCUT2D eigenvalue weighted by atomic mass is 10.2. The van der Waals surface area contributed by atoms with Crippen LogP contribution < -0.4 is 10.8 Å². The number of nitrogens with one attached hydrogen (secondary N) is 2. The highest BCUT2D eigenvalue weighted by Gasteiger charge is 2.20. The van der Waals surface area contributed by atoms with Gasteiger partial charge in [-0.3, -0.25) is 14.6 Å². The Balaban J connectivity index is 1.90. The number of aliphatic hydroxyl groups excluding tert-OH is 2. The van der Waals surface area contributed by atoms with E-state index in [1.54, 1.807) is 30.6 Å². The monoisotopic (exact) mass is 503 g/mol. The molecule has 3 aromatic rings. The molecule has 2 aromatic heterocycles. The molecule has 0 spiro atoms. The van der Waals surface area contributed by atoms with Gasteiger partial charge in [-0.05, 0) is 46.9 Å². The lowest BCUT2D eigenvalue weighted by Crippen LogP contribution is -2.29. The second kappa shape index (κ2) is 8.89. The van der Waals surface area contributed by atoms with E-state index in [9.17, 15) is 14.3 Å². The summed E-state index contributed by atoms with van der Waals surface area (Å²) in [6.07, 6.45) is 2.10. The van der Waals surface area contributed by atoms with Crippen LogP contribution in [0.5, 0.6) is 0 Å². The molecule has 0 aliphatic carbocycles. The molecule has 1 aromatic carbocycles. The average molecular weight is 503 g/mol. The summed E-state index contributed by atoms with van der Waals surface area (Å²) in [5, 5.41) is 21.7. The van der Waals surface area contributed by atoms with Crippen molar-refractivity contribution in [3.63, 3.8) is 0 Å². The third kappa shape index (κ3) is 4.71. The molecule has 2 heterocycles. The quantitative estimate of drug-likeness (QED) is 0.292. The SMILES string of the molecule is O=C(NOC[C@H](O)CO)c1sc2cnccc2c1Nc1ccc(I)cc1F. The summed E-state index contributed by atoms with van der Waals surface area (Å²) in [5.74, 6) is -1.00. The van der Waals surface area contributed by atoms with Gasteiger partial charge in [0, 0.05) is 21.4 Å². The number of anilines is 2. The van der Waals surface area contributed by atoms with E-state index in [-0.39, 0.29) is 17.2 Å². The van der Waals surface area contributed by atoms with Crippen LogP contribution >= 0.6 is 33.9 Å². The van der Waals surface area contributed by atoms with Crippen molar-refractivity contribution in [1.29, 1.82) is 0 Å². The minimum atomic E-state index is -1.10. The summed E-state index contributed by atoms with van der Waals surface area (Å²) in [6, 6.07) is 6.46. The van der Waals surface area contributed by atoms with E-state index in [0.717, 1.165) is 8.27 Å². The van der Waals surface area contributed by atoms with Crippen LogP contribution in [0, 0.1) is 9.39 Å². The smallest absolute Gasteiger partial charge is 0.287 e. The van der Waals surface area contributed by atoms with Gasteiger partial charge in [-0.15, -0.1) is 11.3 Å². The molecular weight excluding hydrogens is 488 g/mol. The first kappa shape index (κ1) is 19.9. The Bertz CT molecular complexity index is 969. The van der Waals surface area contributed by atoms with E-state index in [4.69, 9.17) is 9.94 Å². The van der Waals surface area contributed by atoms with Gasteiger partial charge >= 0.3 is 0 Å². The number of carbonyl (C=O) groups is 1. The van der Waals surface area contributed by atoms with E-state index < -0.39 is 24.4 Å². The van der Waals surface area contributed by atoms with Crippen LogP contribution in [0.4, 0.5) is 15.8 Å². The Morgan fingerprint density at radius 1 is 1.41 bits per heavy atom. The number of pyridine rings is 1. The van der Waals surface area contributed by atoms with Crippen LogP contribution in [-0.2, 0) is 4.84 Å². The maximum absolute atomic E-state index is 14.3. The van der Waals surface area contributed by atoms with Gasteiger partial charge in [0.2, 0.25) is 0 Å². The lowest BCUT2D eigenvalue weighted by molar-refractivity contribution is -0.0293. The van der Waals surface area contributed by atoms with Crippen molar-refractivity contribution in [2.45, 2.75) is 6.10 Å². The fraction of sp³-hybridized carbons (Fsp3) is 0.176. The van der Waals surface area contributed by atoms with E-state index in [1.165, 1.54) is 17.4 Å². The highest BCUT2D eigenvalue weighted by Crippen LogP contribution is 2.37. The summed E-state index contributed by atoms with van der Waals surface area (Å²) in [5.41, 5.74) is 2.89. The Hall–Kier alpha value is -1.86. The van der Waals surface area contributed by atoms with E-state index in [2.05, 4.69) is 15.8 Å². The van der Waals surface area contributed by atoms with Crippen molar-refractivity contribution in [2.75, 3.05) is 18.5 Å². The Kier molecular flexibility index (Phi) is 6.55. The number of fused-ring (bicyclic) bond motifs is 1. The molecule has 4 N–H and O–H groups in total. The number of benzene rings is 1. The van der Waals surface area contributed by atoms with Gasteiger partial charge in [0.1, 0.15) is 23.4 Å². The molecule has 0 bridgehead atoms. The molecule has 0 radical (unpaired) electrons. The third-order valence-corrected chi connectivity index (χ3v) is 5.35. The zero-order valence-electron chi connectivity index (χ0n) is 13.8. The van der Waals surface area contributed by atoms with Crippen molar-refractivity contribution < 1.29 is 24.2 Å². The molecule has 10 heteroatoms. The molecule has 1 amide bonds. The van der Waals surface area contributed by atoms with Gasteiger partial charge in [0.05, 0.1) is 22.7 Å². The van der Waals surface area contributed by atoms with Gasteiger partial charge in [-0.2, -0.15) is 0 Å². The minimum absolute atomic E-state index is 0.234. The van der Waals surface area contributed by atoms with Crippen LogP contribution in [0.1, 0.15) is 9.67 Å². The van der Waals surface area contributed by atoms with Crippen LogP contribution in [-0.4, -0.2) is 40.4 Å². The van der Waals surface area contributed by atoms with Crippen LogP contribution in [0.2, 0.25) is 0 Å². The second-order valence-electron chi connectivity index (χ2n) is 5.51. The number of thiophene rings is 1. The van der Waals surface area contributed by atoms with E-state index >= 15 is 0 Å². The van der Waals surface area contributed by atoms with Gasteiger partial charge in [0.15, 0.2) is 0 Å². The Labute approximate surface area is 171 Å². The number of hydrogen-bond donors (Lipinski definition) is 4. The maximum atomic E-state index is 14.3. The average Bonchev–Trinajstić information content (AvgIpc) is 3.02. The standard InChI is InChI=1S/C17H15FIN3O4S/c18-12-5-9(19)1-2-13(12)21-15-11-3-4-20-6-14(11)27-16(15)17(25)22-26-8-10(24)7-23/h1-6,10,21,23-24H,7-8H2,(H,22,25)/t10-/m1/s1. The number of halogens is 2. The molecule has 0 aliphatic rings. The van der Waals surface area contributed by atoms with E-state index in [0.29, 0.717) is 11.1 Å². The molecular formula is C17H15FIN3O4S. The van der Waals surface area contributed by atoms with Gasteiger partial charge in [-0.1, -0.05) is 0 Å². The van der Waals surface area contributed by atoms with Crippen LogP contribution in [0.25, 0.3) is 10.1 Å². The summed E-state index contributed by atoms with van der Waals surface area (Å²) in [6.45, 7) is -0.744. The highest BCUT2D eigenvalue weighted by molar-refractivity contribution is 14.1. The van der Waals surface area contributed by atoms with Crippen molar-refractivity contribution in [1.82, 2.24) is 10.5 Å². The number of hydroxylamine groups is 1.